The molecule has 0 aromatic heterocycles. The Kier molecular flexibility index (Phi) is 4.22. The zero-order valence-electron chi connectivity index (χ0n) is 12.4. The van der Waals surface area contributed by atoms with E-state index in [9.17, 15) is 0 Å². The van der Waals surface area contributed by atoms with Crippen molar-refractivity contribution in [1.82, 2.24) is 0 Å². The van der Waals surface area contributed by atoms with E-state index in [1.54, 1.807) is 83.0 Å². The summed E-state index contributed by atoms with van der Waals surface area (Å²) in [4.78, 5) is 0. The maximum absolute atomic E-state index is 1.79. The van der Waals surface area contributed by atoms with E-state index in [4.69, 9.17) is 0 Å². The second-order valence-electron chi connectivity index (χ2n) is 7.51. The van der Waals surface area contributed by atoms with Crippen LogP contribution in [0.4, 0.5) is 0 Å². The summed E-state index contributed by atoms with van der Waals surface area (Å²) in [5.74, 6) is 1.79. The van der Waals surface area contributed by atoms with E-state index in [2.05, 4.69) is 0 Å². The molecule has 0 unspecified atom stereocenters. The summed E-state index contributed by atoms with van der Waals surface area (Å²) < 4.78 is 0. The molecule has 4 rings (SSSR count). The molecule has 4 bridgehead atoms. The molecule has 0 aromatic carbocycles. The van der Waals surface area contributed by atoms with Crippen LogP contribution in [-0.2, 0) is 0 Å². The molecular formula is C17H30P2. The van der Waals surface area contributed by atoms with Gasteiger partial charge in [0.2, 0.25) is 0 Å². The van der Waals surface area contributed by atoms with Crippen LogP contribution < -0.4 is 0 Å². The summed E-state index contributed by atoms with van der Waals surface area (Å²) in [5, 5.41) is 0. The van der Waals surface area contributed by atoms with E-state index < -0.39 is 0 Å². The van der Waals surface area contributed by atoms with Gasteiger partial charge in [-0.25, -0.2) is 0 Å². The SMILES string of the molecule is C1CC2CCCC(C1)P2CP1C2CCCC1CCC2. The molecule has 4 heterocycles. The van der Waals surface area contributed by atoms with Crippen molar-refractivity contribution in [1.29, 1.82) is 0 Å². The Bertz CT molecular complexity index is 242. The molecule has 0 saturated carbocycles. The van der Waals surface area contributed by atoms with Crippen molar-refractivity contribution < 1.29 is 0 Å². The zero-order chi connectivity index (χ0) is 12.7. The third-order valence-electron chi connectivity index (χ3n) is 6.50. The predicted octanol–water partition coefficient (Wildman–Crippen LogP) is 6.12. The molecule has 2 heteroatoms. The molecule has 4 aliphatic heterocycles. The number of hydrogen-bond donors (Lipinski definition) is 0. The molecule has 0 nitrogen and oxygen atoms in total. The molecule has 4 fully saturated rings. The highest BCUT2D eigenvalue weighted by Gasteiger charge is 2.42. The Labute approximate surface area is 122 Å². The van der Waals surface area contributed by atoms with Gasteiger partial charge >= 0.3 is 0 Å². The average molecular weight is 296 g/mol. The minimum atomic E-state index is 0.471. The molecule has 0 aromatic rings. The fourth-order valence-corrected chi connectivity index (χ4v) is 16.0. The molecule has 4 saturated heterocycles. The summed E-state index contributed by atoms with van der Waals surface area (Å²) in [6.45, 7) is 0. The fourth-order valence-electron chi connectivity index (χ4n) is 5.51. The fraction of sp³-hybridized carbons (Fsp3) is 1.00. The minimum absolute atomic E-state index is 0.471. The smallest absolute Gasteiger partial charge is 0.0111 e. The van der Waals surface area contributed by atoms with Crippen LogP contribution in [0.15, 0.2) is 0 Å². The van der Waals surface area contributed by atoms with E-state index in [-0.39, 0.29) is 0 Å². The van der Waals surface area contributed by atoms with Crippen LogP contribution in [0, 0.1) is 0 Å². The Morgan fingerprint density at radius 3 is 1.00 bits per heavy atom. The summed E-state index contributed by atoms with van der Waals surface area (Å²) in [7, 11) is 0.942. The molecule has 0 amide bonds. The topological polar surface area (TPSA) is 0 Å². The Morgan fingerprint density at radius 1 is 0.474 bits per heavy atom. The van der Waals surface area contributed by atoms with Crippen LogP contribution in [-0.4, -0.2) is 28.5 Å². The Balaban J connectivity index is 1.47. The first-order valence-corrected chi connectivity index (χ1v) is 12.3. The summed E-state index contributed by atoms with van der Waals surface area (Å²) in [6, 6.07) is 0. The van der Waals surface area contributed by atoms with Crippen molar-refractivity contribution in [2.45, 2.75) is 99.7 Å². The molecule has 0 spiro atoms. The van der Waals surface area contributed by atoms with Gasteiger partial charge < -0.3 is 0 Å². The molecule has 19 heavy (non-hydrogen) atoms. The molecule has 0 radical (unpaired) electrons. The molecule has 0 atom stereocenters. The van der Waals surface area contributed by atoms with Gasteiger partial charge in [0.1, 0.15) is 0 Å². The van der Waals surface area contributed by atoms with Crippen molar-refractivity contribution >= 4 is 15.8 Å². The maximum Gasteiger partial charge on any atom is -0.0111 e. The average Bonchev–Trinajstić information content (AvgIpc) is 2.38. The second-order valence-corrected chi connectivity index (χ2v) is 13.6. The zero-order valence-corrected chi connectivity index (χ0v) is 14.2. The quantitative estimate of drug-likeness (QED) is 0.539. The predicted molar refractivity (Wildman–Crippen MR) is 89.3 cm³/mol. The lowest BCUT2D eigenvalue weighted by molar-refractivity contribution is 0.470. The van der Waals surface area contributed by atoms with E-state index in [0.29, 0.717) is 15.8 Å². The summed E-state index contributed by atoms with van der Waals surface area (Å²) in [5.41, 5.74) is 4.92. The van der Waals surface area contributed by atoms with Crippen molar-refractivity contribution in [2.75, 3.05) is 5.90 Å². The summed E-state index contributed by atoms with van der Waals surface area (Å²) in [6.07, 6.45) is 19.3. The van der Waals surface area contributed by atoms with Gasteiger partial charge in [0.25, 0.3) is 0 Å². The maximum atomic E-state index is 1.79. The van der Waals surface area contributed by atoms with Crippen LogP contribution in [0.25, 0.3) is 0 Å². The van der Waals surface area contributed by atoms with Crippen LogP contribution in [0.1, 0.15) is 77.0 Å². The second kappa shape index (κ2) is 5.93. The lowest BCUT2D eigenvalue weighted by atomic mass is 9.99. The molecule has 0 N–H and O–H groups in total. The third-order valence-corrected chi connectivity index (χ3v) is 14.9. The monoisotopic (exact) mass is 296 g/mol. The van der Waals surface area contributed by atoms with Gasteiger partial charge in [0.05, 0.1) is 0 Å². The van der Waals surface area contributed by atoms with E-state index >= 15 is 0 Å². The molecule has 108 valence electrons. The van der Waals surface area contributed by atoms with Crippen molar-refractivity contribution in [2.24, 2.45) is 0 Å². The number of rotatable bonds is 2. The lowest BCUT2D eigenvalue weighted by Crippen LogP contribution is -2.31. The van der Waals surface area contributed by atoms with E-state index in [1.165, 1.54) is 22.6 Å². The molecule has 4 aliphatic rings. The lowest BCUT2D eigenvalue weighted by Gasteiger charge is -2.50. The highest BCUT2D eigenvalue weighted by molar-refractivity contribution is 7.76. The van der Waals surface area contributed by atoms with Gasteiger partial charge in [-0.2, -0.15) is 0 Å². The minimum Gasteiger partial charge on any atom is -0.0959 e. The first-order chi connectivity index (χ1) is 9.42. The van der Waals surface area contributed by atoms with E-state index in [0.717, 1.165) is 0 Å². The van der Waals surface area contributed by atoms with Gasteiger partial charge in [0, 0.05) is 0 Å². The van der Waals surface area contributed by atoms with Crippen LogP contribution in [0.5, 0.6) is 0 Å². The van der Waals surface area contributed by atoms with Gasteiger partial charge in [-0.05, 0) is 79.9 Å². The van der Waals surface area contributed by atoms with Gasteiger partial charge in [-0.1, -0.05) is 41.5 Å². The van der Waals surface area contributed by atoms with Gasteiger partial charge in [0.15, 0.2) is 0 Å². The third kappa shape index (κ3) is 2.66. The van der Waals surface area contributed by atoms with Crippen LogP contribution >= 0.6 is 15.8 Å². The standard InChI is InChI=1S/C17H30P2/c1-5-14-7-2-8-15(6-1)18(14)13-19-16-9-3-10-17(19)12-4-11-16/h14-17H,1-13H2. The van der Waals surface area contributed by atoms with E-state index in [1.807, 2.05) is 0 Å². The van der Waals surface area contributed by atoms with Crippen molar-refractivity contribution in [3.8, 4) is 0 Å². The summed E-state index contributed by atoms with van der Waals surface area (Å²) >= 11 is 0. The highest BCUT2D eigenvalue weighted by Crippen LogP contribution is 2.70. The number of fused-ring (bicyclic) bond motifs is 4. The van der Waals surface area contributed by atoms with Crippen LogP contribution in [0.2, 0.25) is 0 Å². The Morgan fingerprint density at radius 2 is 0.737 bits per heavy atom. The molecular weight excluding hydrogens is 266 g/mol. The number of hydrogen-bond acceptors (Lipinski definition) is 0. The molecule has 0 aliphatic carbocycles. The van der Waals surface area contributed by atoms with Crippen molar-refractivity contribution in [3.05, 3.63) is 0 Å². The highest BCUT2D eigenvalue weighted by atomic mass is 31.2. The largest absolute Gasteiger partial charge is 0.0959 e. The first-order valence-electron chi connectivity index (χ1n) is 8.93. The normalized spacial score (nSPS) is 49.9. The van der Waals surface area contributed by atoms with Crippen LogP contribution in [0.3, 0.4) is 0 Å². The van der Waals surface area contributed by atoms with Crippen molar-refractivity contribution in [3.63, 3.8) is 0 Å². The first kappa shape index (κ1) is 13.5. The Hall–Kier alpha value is 0.860. The van der Waals surface area contributed by atoms with Gasteiger partial charge in [-0.15, -0.1) is 0 Å². The van der Waals surface area contributed by atoms with Gasteiger partial charge in [-0.3, -0.25) is 0 Å².